The van der Waals surface area contributed by atoms with Crippen LogP contribution in [0.5, 0.6) is 0 Å². The Morgan fingerprint density at radius 3 is 2.61 bits per heavy atom. The summed E-state index contributed by atoms with van der Waals surface area (Å²) in [6.45, 7) is 3.88. The number of thiazole rings is 2. The number of nitrogens with zero attached hydrogens (tertiary/aromatic N) is 3. The number of carbonyl (C=O) groups is 1. The summed E-state index contributed by atoms with van der Waals surface area (Å²) in [5.74, 6) is 0.00835. The molecule has 0 unspecified atom stereocenters. The van der Waals surface area contributed by atoms with E-state index in [0.717, 1.165) is 20.7 Å². The Bertz CT molecular complexity index is 1430. The van der Waals surface area contributed by atoms with E-state index in [1.807, 2.05) is 44.2 Å². The van der Waals surface area contributed by atoms with Gasteiger partial charge in [0.25, 0.3) is 0 Å². The number of nitrogens with one attached hydrogen (secondary N) is 1. The van der Waals surface area contributed by atoms with E-state index in [1.54, 1.807) is 29.4 Å². The van der Waals surface area contributed by atoms with E-state index in [4.69, 9.17) is 4.74 Å². The number of rotatable bonds is 12. The molecule has 38 heavy (non-hydrogen) atoms. The molecule has 12 heteroatoms. The third-order valence-corrected chi connectivity index (χ3v) is 9.17. The molecule has 2 N–H and O–H groups in total. The van der Waals surface area contributed by atoms with Crippen molar-refractivity contribution in [3.63, 3.8) is 0 Å². The molecule has 0 aliphatic rings. The maximum atomic E-state index is 13.7. The second-order valence-electron chi connectivity index (χ2n) is 9.25. The number of sulfonamides is 1. The van der Waals surface area contributed by atoms with Crippen LogP contribution in [0.1, 0.15) is 24.3 Å². The Kier molecular flexibility index (Phi) is 9.44. The van der Waals surface area contributed by atoms with E-state index in [0.29, 0.717) is 6.42 Å². The number of carbonyl (C=O) groups excluding carboxylic acids is 1. The molecular weight excluding hydrogens is 545 g/mol. The number of fused-ring (bicyclic) bond motifs is 1. The zero-order valence-electron chi connectivity index (χ0n) is 21.1. The van der Waals surface area contributed by atoms with Gasteiger partial charge in [-0.2, -0.15) is 4.31 Å². The number of ether oxygens (including phenoxy) is 1. The first-order valence-electron chi connectivity index (χ1n) is 12.1. The summed E-state index contributed by atoms with van der Waals surface area (Å²) in [6, 6.07) is 13.4. The van der Waals surface area contributed by atoms with E-state index in [9.17, 15) is 18.3 Å². The van der Waals surface area contributed by atoms with Crippen LogP contribution in [-0.4, -0.2) is 59.1 Å². The molecular formula is C26H30N4O5S3. The third-order valence-electron chi connectivity index (χ3n) is 5.80. The number of alkyl carbamates (subject to hydrolysis) is 1. The molecule has 2 aromatic carbocycles. The smallest absolute Gasteiger partial charge is 0.407 e. The number of benzene rings is 2. The van der Waals surface area contributed by atoms with Crippen molar-refractivity contribution >= 4 is 49.0 Å². The van der Waals surface area contributed by atoms with Crippen LogP contribution in [0.3, 0.4) is 0 Å². The van der Waals surface area contributed by atoms with Crippen LogP contribution < -0.4 is 5.32 Å². The molecule has 0 saturated carbocycles. The van der Waals surface area contributed by atoms with Crippen molar-refractivity contribution in [3.05, 3.63) is 76.2 Å². The van der Waals surface area contributed by atoms with Crippen LogP contribution in [0.4, 0.5) is 4.79 Å². The predicted octanol–water partition coefficient (Wildman–Crippen LogP) is 4.30. The molecule has 0 aliphatic carbocycles. The first kappa shape index (κ1) is 28.1. The highest BCUT2D eigenvalue weighted by atomic mass is 32.2. The molecule has 4 aromatic rings. The summed E-state index contributed by atoms with van der Waals surface area (Å²) in [5.41, 5.74) is 4.93. The Morgan fingerprint density at radius 2 is 1.89 bits per heavy atom. The van der Waals surface area contributed by atoms with Crippen LogP contribution in [0, 0.1) is 5.92 Å². The van der Waals surface area contributed by atoms with E-state index in [1.165, 1.54) is 33.0 Å². The lowest BCUT2D eigenvalue weighted by Gasteiger charge is -2.30. The van der Waals surface area contributed by atoms with Crippen LogP contribution in [-0.2, 0) is 27.8 Å². The average Bonchev–Trinajstić information content (AvgIpc) is 3.58. The van der Waals surface area contributed by atoms with Crippen molar-refractivity contribution < 1.29 is 23.1 Å². The van der Waals surface area contributed by atoms with Crippen LogP contribution >= 0.6 is 22.7 Å². The summed E-state index contributed by atoms with van der Waals surface area (Å²) in [4.78, 5) is 21.7. The quantitative estimate of drug-likeness (QED) is 0.259. The molecule has 1 amide bonds. The summed E-state index contributed by atoms with van der Waals surface area (Å²) < 4.78 is 34.7. The van der Waals surface area contributed by atoms with Gasteiger partial charge >= 0.3 is 6.09 Å². The topological polar surface area (TPSA) is 122 Å². The maximum Gasteiger partial charge on any atom is 0.407 e. The lowest BCUT2D eigenvalue weighted by atomic mass is 10.0. The molecule has 2 heterocycles. The molecule has 0 fully saturated rings. The van der Waals surface area contributed by atoms with Crippen molar-refractivity contribution in [2.45, 2.75) is 43.9 Å². The van der Waals surface area contributed by atoms with Crippen molar-refractivity contribution in [1.82, 2.24) is 19.6 Å². The largest absolute Gasteiger partial charge is 0.444 e. The molecule has 9 nitrogen and oxygen atoms in total. The molecule has 202 valence electrons. The second-order valence-corrected chi connectivity index (χ2v) is 13.0. The fourth-order valence-corrected chi connectivity index (χ4v) is 6.90. The van der Waals surface area contributed by atoms with Crippen molar-refractivity contribution in [2.24, 2.45) is 5.92 Å². The Labute approximate surface area is 230 Å². The first-order chi connectivity index (χ1) is 18.2. The molecule has 0 spiro atoms. The highest BCUT2D eigenvalue weighted by molar-refractivity contribution is 7.89. The van der Waals surface area contributed by atoms with Gasteiger partial charge in [-0.05, 0) is 36.1 Å². The first-order valence-corrected chi connectivity index (χ1v) is 15.3. The number of aliphatic hydroxyl groups excluding tert-OH is 1. The van der Waals surface area contributed by atoms with Gasteiger partial charge in [0.1, 0.15) is 6.61 Å². The van der Waals surface area contributed by atoms with E-state index < -0.39 is 28.3 Å². The van der Waals surface area contributed by atoms with Gasteiger partial charge in [0.2, 0.25) is 10.0 Å². The van der Waals surface area contributed by atoms with Crippen molar-refractivity contribution in [1.29, 1.82) is 0 Å². The van der Waals surface area contributed by atoms with Gasteiger partial charge in [0.05, 0.1) is 43.2 Å². The molecule has 0 bridgehead atoms. The summed E-state index contributed by atoms with van der Waals surface area (Å²) in [5, 5.41) is 14.1. The lowest BCUT2D eigenvalue weighted by molar-refractivity contribution is 0.0876. The highest BCUT2D eigenvalue weighted by Crippen LogP contribution is 2.25. The van der Waals surface area contributed by atoms with Gasteiger partial charge in [-0.25, -0.2) is 18.2 Å². The fraction of sp³-hybridized carbons (Fsp3) is 0.346. The van der Waals surface area contributed by atoms with Gasteiger partial charge in [-0.3, -0.25) is 4.98 Å². The van der Waals surface area contributed by atoms with Gasteiger partial charge < -0.3 is 15.2 Å². The molecule has 4 rings (SSSR count). The minimum absolute atomic E-state index is 0.00835. The van der Waals surface area contributed by atoms with E-state index in [-0.39, 0.29) is 30.5 Å². The lowest BCUT2D eigenvalue weighted by Crippen LogP contribution is -2.51. The summed E-state index contributed by atoms with van der Waals surface area (Å²) in [7, 11) is -3.93. The Morgan fingerprint density at radius 1 is 1.11 bits per heavy atom. The maximum absolute atomic E-state index is 13.7. The normalized spacial score (nSPS) is 13.6. The number of hydrogen-bond donors (Lipinski definition) is 2. The minimum Gasteiger partial charge on any atom is -0.444 e. The number of aliphatic hydroxyl groups is 1. The fourth-order valence-electron chi connectivity index (χ4n) is 3.95. The Hall–Kier alpha value is -2.90. The van der Waals surface area contributed by atoms with Gasteiger partial charge in [-0.1, -0.05) is 44.2 Å². The summed E-state index contributed by atoms with van der Waals surface area (Å²) in [6.07, 6.45) is 0.00568. The summed E-state index contributed by atoms with van der Waals surface area (Å²) >= 11 is 2.73. The highest BCUT2D eigenvalue weighted by Gasteiger charge is 2.32. The minimum atomic E-state index is -3.93. The van der Waals surface area contributed by atoms with E-state index in [2.05, 4.69) is 15.3 Å². The number of hydrogen-bond acceptors (Lipinski definition) is 9. The van der Waals surface area contributed by atoms with Crippen LogP contribution in [0.25, 0.3) is 10.2 Å². The zero-order chi connectivity index (χ0) is 27.1. The Balaban J connectivity index is 1.54. The van der Waals surface area contributed by atoms with Gasteiger partial charge in [0.15, 0.2) is 0 Å². The third kappa shape index (κ3) is 7.35. The SMILES string of the molecule is CC(C)CN(C[C@@H](O)[C@H](Cc1ccccc1)NC(=O)OCc1cncs1)S(=O)(=O)c1ccc2ncsc2c1. The van der Waals surface area contributed by atoms with Crippen LogP contribution in [0.2, 0.25) is 0 Å². The van der Waals surface area contributed by atoms with Gasteiger partial charge in [0, 0.05) is 19.3 Å². The molecule has 0 radical (unpaired) electrons. The molecule has 2 atom stereocenters. The average molecular weight is 575 g/mol. The molecule has 2 aromatic heterocycles. The second kappa shape index (κ2) is 12.8. The van der Waals surface area contributed by atoms with Crippen molar-refractivity contribution in [2.75, 3.05) is 13.1 Å². The molecule has 0 aliphatic heterocycles. The zero-order valence-corrected chi connectivity index (χ0v) is 23.5. The monoisotopic (exact) mass is 574 g/mol. The number of amides is 1. The predicted molar refractivity (Wildman–Crippen MR) is 149 cm³/mol. The van der Waals surface area contributed by atoms with E-state index >= 15 is 0 Å². The standard InChI is InChI=1S/C26H30N4O5S3/c1-18(2)13-30(38(33,34)21-8-9-22-25(11-21)37-17-28-22)14-24(31)23(10-19-6-4-3-5-7-19)29-26(32)35-15-20-12-27-16-36-20/h3-9,11-12,16-18,23-24,31H,10,13-15H2,1-2H3,(H,29,32)/t23-,24+/m0/s1. The molecule has 0 saturated heterocycles. The van der Waals surface area contributed by atoms with Crippen LogP contribution in [0.15, 0.2) is 70.6 Å². The van der Waals surface area contributed by atoms with Crippen molar-refractivity contribution in [3.8, 4) is 0 Å². The van der Waals surface area contributed by atoms with Gasteiger partial charge in [-0.15, -0.1) is 22.7 Å². The number of aromatic nitrogens is 2.